The van der Waals surface area contributed by atoms with Gasteiger partial charge in [0.15, 0.2) is 0 Å². The van der Waals surface area contributed by atoms with Gasteiger partial charge in [-0.05, 0) is 36.8 Å². The average molecular weight is 335 g/mol. The Morgan fingerprint density at radius 2 is 1.96 bits per heavy atom. The summed E-state index contributed by atoms with van der Waals surface area (Å²) in [5, 5.41) is 24.0. The van der Waals surface area contributed by atoms with Gasteiger partial charge in [-0.1, -0.05) is 23.7 Å². The first-order chi connectivity index (χ1) is 10.9. The molecule has 0 aliphatic rings. The number of halogens is 1. The fourth-order valence-electron chi connectivity index (χ4n) is 2.10. The Hall–Kier alpha value is -2.44. The molecule has 6 nitrogen and oxygen atoms in total. The van der Waals surface area contributed by atoms with Crippen LogP contribution in [-0.2, 0) is 0 Å². The first-order valence-electron chi connectivity index (χ1n) is 6.85. The van der Waals surface area contributed by atoms with Gasteiger partial charge in [0.25, 0.3) is 11.6 Å². The normalized spacial score (nSPS) is 11.8. The van der Waals surface area contributed by atoms with E-state index >= 15 is 0 Å². The summed E-state index contributed by atoms with van der Waals surface area (Å²) in [7, 11) is 0. The summed E-state index contributed by atoms with van der Waals surface area (Å²) in [5.41, 5.74) is 1.30. The third-order valence-electron chi connectivity index (χ3n) is 3.37. The number of nitro groups is 1. The average Bonchev–Trinajstić information content (AvgIpc) is 2.52. The molecular formula is C16H15ClN2O4. The van der Waals surface area contributed by atoms with Crippen LogP contribution in [0.2, 0.25) is 5.02 Å². The van der Waals surface area contributed by atoms with Crippen LogP contribution in [-0.4, -0.2) is 22.5 Å². The minimum absolute atomic E-state index is 0.0243. The minimum atomic E-state index is -0.865. The highest BCUT2D eigenvalue weighted by Gasteiger charge is 2.15. The van der Waals surface area contributed by atoms with E-state index < -0.39 is 16.9 Å². The van der Waals surface area contributed by atoms with Crippen LogP contribution in [0.3, 0.4) is 0 Å². The molecule has 7 heteroatoms. The van der Waals surface area contributed by atoms with Gasteiger partial charge in [-0.2, -0.15) is 0 Å². The third-order valence-corrected chi connectivity index (χ3v) is 3.62. The maximum atomic E-state index is 12.1. The summed E-state index contributed by atoms with van der Waals surface area (Å²) in [4.78, 5) is 22.3. The van der Waals surface area contributed by atoms with Crippen LogP contribution in [0.15, 0.2) is 42.5 Å². The molecular weight excluding hydrogens is 320 g/mol. The van der Waals surface area contributed by atoms with E-state index in [0.29, 0.717) is 21.7 Å². The second-order valence-corrected chi connectivity index (χ2v) is 5.47. The van der Waals surface area contributed by atoms with E-state index in [9.17, 15) is 20.0 Å². The van der Waals surface area contributed by atoms with Crippen molar-refractivity contribution < 1.29 is 14.8 Å². The topological polar surface area (TPSA) is 92.5 Å². The number of nitrogens with one attached hydrogen (secondary N) is 1. The molecule has 2 aromatic carbocycles. The standard InChI is InChI=1S/C16H15ClN2O4/c1-10-8-12(4-7-14(10)19(22)23)16(21)18-9-15(20)11-2-5-13(17)6-3-11/h2-8,15,20H,9H2,1H3,(H,18,21). The molecule has 1 unspecified atom stereocenters. The van der Waals surface area contributed by atoms with Crippen molar-refractivity contribution in [2.45, 2.75) is 13.0 Å². The number of nitrogens with zero attached hydrogens (tertiary/aromatic N) is 1. The monoisotopic (exact) mass is 334 g/mol. The molecule has 120 valence electrons. The number of carbonyl (C=O) groups excluding carboxylic acids is 1. The Bertz CT molecular complexity index is 731. The summed E-state index contributed by atoms with van der Waals surface area (Å²) in [5.74, 6) is -0.406. The minimum Gasteiger partial charge on any atom is -0.387 e. The fraction of sp³-hybridized carbons (Fsp3) is 0.188. The number of amides is 1. The van der Waals surface area contributed by atoms with Gasteiger partial charge in [0.2, 0.25) is 0 Å². The van der Waals surface area contributed by atoms with E-state index in [0.717, 1.165) is 0 Å². The molecule has 2 N–H and O–H groups in total. The third kappa shape index (κ3) is 4.28. The molecule has 0 aliphatic heterocycles. The predicted octanol–water partition coefficient (Wildman–Crippen LogP) is 3.02. The number of carbonyl (C=O) groups is 1. The predicted molar refractivity (Wildman–Crippen MR) is 86.6 cm³/mol. The van der Waals surface area contributed by atoms with Crippen molar-refractivity contribution in [1.82, 2.24) is 5.32 Å². The van der Waals surface area contributed by atoms with Gasteiger partial charge >= 0.3 is 0 Å². The summed E-state index contributed by atoms with van der Waals surface area (Å²) < 4.78 is 0. The number of aliphatic hydroxyl groups excluding tert-OH is 1. The van der Waals surface area contributed by atoms with Crippen LogP contribution in [0.25, 0.3) is 0 Å². The maximum absolute atomic E-state index is 12.1. The van der Waals surface area contributed by atoms with E-state index in [1.54, 1.807) is 31.2 Å². The van der Waals surface area contributed by atoms with Crippen molar-refractivity contribution in [1.29, 1.82) is 0 Å². The van der Waals surface area contributed by atoms with Crippen LogP contribution in [0.4, 0.5) is 5.69 Å². The highest BCUT2D eigenvalue weighted by Crippen LogP contribution is 2.19. The highest BCUT2D eigenvalue weighted by molar-refractivity contribution is 6.30. The molecule has 1 amide bonds. The van der Waals surface area contributed by atoms with E-state index in [-0.39, 0.29) is 12.2 Å². The second kappa shape index (κ2) is 7.21. The largest absolute Gasteiger partial charge is 0.387 e. The molecule has 0 aromatic heterocycles. The van der Waals surface area contributed by atoms with Crippen molar-refractivity contribution in [2.75, 3.05) is 6.54 Å². The van der Waals surface area contributed by atoms with Crippen LogP contribution < -0.4 is 5.32 Å². The molecule has 0 fully saturated rings. The smallest absolute Gasteiger partial charge is 0.272 e. The molecule has 2 rings (SSSR count). The van der Waals surface area contributed by atoms with Crippen molar-refractivity contribution in [2.24, 2.45) is 0 Å². The zero-order chi connectivity index (χ0) is 17.0. The zero-order valence-corrected chi connectivity index (χ0v) is 13.1. The molecule has 0 spiro atoms. The lowest BCUT2D eigenvalue weighted by molar-refractivity contribution is -0.385. The van der Waals surface area contributed by atoms with Crippen LogP contribution in [0.1, 0.15) is 27.6 Å². The Labute approximate surface area is 137 Å². The van der Waals surface area contributed by atoms with Gasteiger partial charge in [0, 0.05) is 28.8 Å². The first kappa shape index (κ1) is 16.9. The highest BCUT2D eigenvalue weighted by atomic mass is 35.5. The molecule has 0 radical (unpaired) electrons. The number of rotatable bonds is 5. The quantitative estimate of drug-likeness (QED) is 0.649. The Kier molecular flexibility index (Phi) is 5.31. The van der Waals surface area contributed by atoms with Crippen molar-refractivity contribution >= 4 is 23.2 Å². The first-order valence-corrected chi connectivity index (χ1v) is 7.23. The molecule has 0 saturated heterocycles. The van der Waals surface area contributed by atoms with Gasteiger partial charge in [-0.3, -0.25) is 14.9 Å². The number of aliphatic hydroxyl groups is 1. The molecule has 2 aromatic rings. The van der Waals surface area contributed by atoms with E-state index in [1.807, 2.05) is 0 Å². The summed E-state index contributed by atoms with van der Waals surface area (Å²) >= 11 is 5.77. The lowest BCUT2D eigenvalue weighted by Gasteiger charge is -2.12. The van der Waals surface area contributed by atoms with Gasteiger partial charge in [-0.25, -0.2) is 0 Å². The molecule has 0 saturated carbocycles. The summed E-state index contributed by atoms with van der Waals surface area (Å²) in [6.07, 6.45) is -0.865. The van der Waals surface area contributed by atoms with Crippen molar-refractivity contribution in [3.05, 3.63) is 74.3 Å². The summed E-state index contributed by atoms with van der Waals surface area (Å²) in [6, 6.07) is 10.8. The Morgan fingerprint density at radius 1 is 1.30 bits per heavy atom. The second-order valence-electron chi connectivity index (χ2n) is 5.04. The Morgan fingerprint density at radius 3 is 2.52 bits per heavy atom. The number of benzene rings is 2. The lowest BCUT2D eigenvalue weighted by atomic mass is 10.1. The van der Waals surface area contributed by atoms with E-state index in [4.69, 9.17) is 11.6 Å². The SMILES string of the molecule is Cc1cc(C(=O)NCC(O)c2ccc(Cl)cc2)ccc1[N+](=O)[O-]. The van der Waals surface area contributed by atoms with Crippen LogP contribution in [0, 0.1) is 17.0 Å². The van der Waals surface area contributed by atoms with Crippen molar-refractivity contribution in [3.63, 3.8) is 0 Å². The number of nitro benzene ring substituents is 1. The molecule has 23 heavy (non-hydrogen) atoms. The van der Waals surface area contributed by atoms with Crippen LogP contribution in [0.5, 0.6) is 0 Å². The van der Waals surface area contributed by atoms with E-state index in [2.05, 4.69) is 5.32 Å². The molecule has 0 aliphatic carbocycles. The lowest BCUT2D eigenvalue weighted by Crippen LogP contribution is -2.28. The van der Waals surface area contributed by atoms with Gasteiger partial charge in [0.05, 0.1) is 11.0 Å². The van der Waals surface area contributed by atoms with Gasteiger partial charge in [-0.15, -0.1) is 0 Å². The van der Waals surface area contributed by atoms with E-state index in [1.165, 1.54) is 18.2 Å². The van der Waals surface area contributed by atoms with Gasteiger partial charge < -0.3 is 10.4 Å². The molecule has 1 atom stereocenters. The summed E-state index contributed by atoms with van der Waals surface area (Å²) in [6.45, 7) is 1.59. The fourth-order valence-corrected chi connectivity index (χ4v) is 2.22. The van der Waals surface area contributed by atoms with Gasteiger partial charge in [0.1, 0.15) is 0 Å². The number of aryl methyl sites for hydroxylation is 1. The number of hydrogen-bond donors (Lipinski definition) is 2. The zero-order valence-electron chi connectivity index (χ0n) is 12.3. The van der Waals surface area contributed by atoms with Crippen molar-refractivity contribution in [3.8, 4) is 0 Å². The Balaban J connectivity index is 2.00. The van der Waals surface area contributed by atoms with Crippen LogP contribution >= 0.6 is 11.6 Å². The molecule has 0 bridgehead atoms. The maximum Gasteiger partial charge on any atom is 0.272 e. The molecule has 0 heterocycles. The number of hydrogen-bond acceptors (Lipinski definition) is 4.